The molecule has 0 bridgehead atoms. The third kappa shape index (κ3) is 3.17. The number of benzene rings is 2. The van der Waals surface area contributed by atoms with E-state index in [9.17, 15) is 0 Å². The summed E-state index contributed by atoms with van der Waals surface area (Å²) >= 11 is 12.2. The molecule has 2 aromatic rings. The van der Waals surface area contributed by atoms with Crippen molar-refractivity contribution < 1.29 is 4.74 Å². The van der Waals surface area contributed by atoms with E-state index in [0.29, 0.717) is 15.7 Å². The lowest BCUT2D eigenvalue weighted by Gasteiger charge is -2.16. The average Bonchev–Trinajstić information content (AvgIpc) is 2.97. The summed E-state index contributed by atoms with van der Waals surface area (Å²) in [5.41, 5.74) is 9.74. The van der Waals surface area contributed by atoms with E-state index in [4.69, 9.17) is 33.7 Å². The van der Waals surface area contributed by atoms with Gasteiger partial charge in [-0.2, -0.15) is 0 Å². The fourth-order valence-corrected chi connectivity index (χ4v) is 3.10. The van der Waals surface area contributed by atoms with Gasteiger partial charge in [-0.05, 0) is 41.8 Å². The lowest BCUT2D eigenvalue weighted by molar-refractivity contribution is 0.357. The van der Waals surface area contributed by atoms with Gasteiger partial charge in [-0.25, -0.2) is 0 Å². The van der Waals surface area contributed by atoms with Crippen molar-refractivity contribution in [3.8, 4) is 5.75 Å². The number of nitrogens with two attached hydrogens (primary N) is 1. The molecule has 1 aliphatic heterocycles. The van der Waals surface area contributed by atoms with Gasteiger partial charge < -0.3 is 15.8 Å². The van der Waals surface area contributed by atoms with Crippen molar-refractivity contribution in [2.45, 2.75) is 25.9 Å². The Morgan fingerprint density at radius 2 is 1.95 bits per heavy atom. The molecule has 0 aromatic heterocycles. The highest BCUT2D eigenvalue weighted by Gasteiger charge is 2.13. The molecule has 0 spiro atoms. The molecule has 3 nitrogen and oxygen atoms in total. The van der Waals surface area contributed by atoms with E-state index >= 15 is 0 Å². The second-order valence-electron chi connectivity index (χ2n) is 5.54. The number of rotatable bonds is 4. The van der Waals surface area contributed by atoms with Crippen LogP contribution in [0, 0.1) is 0 Å². The van der Waals surface area contributed by atoms with Crippen molar-refractivity contribution in [3.63, 3.8) is 0 Å². The molecule has 0 saturated heterocycles. The van der Waals surface area contributed by atoms with Crippen molar-refractivity contribution in [3.05, 3.63) is 57.1 Å². The number of halogens is 2. The predicted octanol–water partition coefficient (Wildman–Crippen LogP) is 4.36. The second kappa shape index (κ2) is 6.37. The largest absolute Gasteiger partial charge is 0.493 e. The van der Waals surface area contributed by atoms with Crippen molar-refractivity contribution in [2.24, 2.45) is 0 Å². The quantitative estimate of drug-likeness (QED) is 0.815. The Balaban J connectivity index is 1.68. The highest BCUT2D eigenvalue weighted by Crippen LogP contribution is 2.31. The number of nitrogen functional groups attached to an aromatic ring is 1. The van der Waals surface area contributed by atoms with Crippen molar-refractivity contribution in [1.29, 1.82) is 0 Å². The van der Waals surface area contributed by atoms with Gasteiger partial charge in [0.2, 0.25) is 0 Å². The van der Waals surface area contributed by atoms with Crippen LogP contribution in [0.3, 0.4) is 0 Å². The Hall–Kier alpha value is -1.42. The van der Waals surface area contributed by atoms with E-state index in [2.05, 4.69) is 24.4 Å². The summed E-state index contributed by atoms with van der Waals surface area (Å²) in [4.78, 5) is 0. The van der Waals surface area contributed by atoms with Crippen LogP contribution in [0.4, 0.5) is 5.69 Å². The van der Waals surface area contributed by atoms with Crippen LogP contribution in [0.1, 0.15) is 29.7 Å². The van der Waals surface area contributed by atoms with Gasteiger partial charge in [0.05, 0.1) is 22.3 Å². The molecule has 0 fully saturated rings. The molecule has 1 atom stereocenters. The summed E-state index contributed by atoms with van der Waals surface area (Å²) < 4.78 is 5.52. The maximum absolute atomic E-state index is 6.09. The summed E-state index contributed by atoms with van der Waals surface area (Å²) in [5.74, 6) is 1.01. The number of hydrogen-bond acceptors (Lipinski definition) is 3. The smallest absolute Gasteiger partial charge is 0.122 e. The van der Waals surface area contributed by atoms with E-state index in [0.717, 1.165) is 30.9 Å². The molecule has 0 saturated carbocycles. The van der Waals surface area contributed by atoms with E-state index in [1.807, 2.05) is 18.2 Å². The topological polar surface area (TPSA) is 47.3 Å². The molecule has 2 aromatic carbocycles. The number of fused-ring (bicyclic) bond motifs is 1. The normalized spacial score (nSPS) is 14.5. The molecular formula is C17H18Cl2N2O. The first-order chi connectivity index (χ1) is 10.5. The summed E-state index contributed by atoms with van der Waals surface area (Å²) in [6.07, 6.45) is 0.988. The molecule has 0 radical (unpaired) electrons. The molecule has 0 amide bonds. The Labute approximate surface area is 140 Å². The van der Waals surface area contributed by atoms with Gasteiger partial charge >= 0.3 is 0 Å². The Morgan fingerprint density at radius 3 is 2.68 bits per heavy atom. The van der Waals surface area contributed by atoms with Crippen LogP contribution in [-0.4, -0.2) is 6.61 Å². The molecule has 5 heteroatoms. The average molecular weight is 337 g/mol. The van der Waals surface area contributed by atoms with Crippen molar-refractivity contribution >= 4 is 28.9 Å². The minimum absolute atomic E-state index is 0.125. The predicted molar refractivity (Wildman–Crippen MR) is 91.8 cm³/mol. The standard InChI is InChI=1S/C17H18Cl2N2O/c1-10(13-7-14(18)17(20)15(19)8-13)21-9-11-2-3-16-12(6-11)4-5-22-16/h2-3,6-8,10,21H,4-5,9,20H2,1H3. The van der Waals surface area contributed by atoms with E-state index in [1.165, 1.54) is 11.1 Å². The maximum Gasteiger partial charge on any atom is 0.122 e. The van der Waals surface area contributed by atoms with Crippen LogP contribution < -0.4 is 15.8 Å². The number of nitrogens with one attached hydrogen (secondary N) is 1. The van der Waals surface area contributed by atoms with Crippen LogP contribution in [0.25, 0.3) is 0 Å². The maximum atomic E-state index is 6.09. The zero-order valence-electron chi connectivity index (χ0n) is 12.3. The van der Waals surface area contributed by atoms with Gasteiger partial charge in [0.25, 0.3) is 0 Å². The summed E-state index contributed by atoms with van der Waals surface area (Å²) in [6, 6.07) is 10.2. The molecule has 0 aliphatic carbocycles. The van der Waals surface area contributed by atoms with Crippen molar-refractivity contribution in [1.82, 2.24) is 5.32 Å². The third-order valence-electron chi connectivity index (χ3n) is 3.97. The highest BCUT2D eigenvalue weighted by molar-refractivity contribution is 6.38. The van der Waals surface area contributed by atoms with Crippen LogP contribution in [-0.2, 0) is 13.0 Å². The SMILES string of the molecule is CC(NCc1ccc2c(c1)CCO2)c1cc(Cl)c(N)c(Cl)c1. The van der Waals surface area contributed by atoms with E-state index in [-0.39, 0.29) is 6.04 Å². The van der Waals surface area contributed by atoms with Gasteiger partial charge in [-0.1, -0.05) is 35.3 Å². The van der Waals surface area contributed by atoms with E-state index in [1.54, 1.807) is 0 Å². The van der Waals surface area contributed by atoms with Crippen LogP contribution in [0.5, 0.6) is 5.75 Å². The molecule has 116 valence electrons. The molecule has 22 heavy (non-hydrogen) atoms. The third-order valence-corrected chi connectivity index (χ3v) is 4.59. The van der Waals surface area contributed by atoms with Gasteiger partial charge in [0.1, 0.15) is 5.75 Å². The zero-order chi connectivity index (χ0) is 15.7. The van der Waals surface area contributed by atoms with Gasteiger partial charge in [-0.3, -0.25) is 0 Å². The minimum Gasteiger partial charge on any atom is -0.493 e. The first-order valence-corrected chi connectivity index (χ1v) is 8.02. The van der Waals surface area contributed by atoms with Crippen LogP contribution in [0.15, 0.2) is 30.3 Å². The molecule has 1 heterocycles. The minimum atomic E-state index is 0.125. The van der Waals surface area contributed by atoms with Crippen LogP contribution >= 0.6 is 23.2 Å². The Bertz CT molecular complexity index is 680. The second-order valence-corrected chi connectivity index (χ2v) is 6.36. The summed E-state index contributed by atoms with van der Waals surface area (Å²) in [5, 5.41) is 4.46. The Kier molecular flexibility index (Phi) is 4.48. The Morgan fingerprint density at radius 1 is 1.23 bits per heavy atom. The first-order valence-electron chi connectivity index (χ1n) is 7.27. The molecule has 1 unspecified atom stereocenters. The fraction of sp³-hybridized carbons (Fsp3) is 0.294. The molecule has 3 rings (SSSR count). The monoisotopic (exact) mass is 336 g/mol. The van der Waals surface area contributed by atoms with Crippen LogP contribution in [0.2, 0.25) is 10.0 Å². The lowest BCUT2D eigenvalue weighted by Crippen LogP contribution is -2.18. The number of ether oxygens (including phenoxy) is 1. The fourth-order valence-electron chi connectivity index (χ4n) is 2.59. The van der Waals surface area contributed by atoms with E-state index < -0.39 is 0 Å². The zero-order valence-corrected chi connectivity index (χ0v) is 13.8. The van der Waals surface area contributed by atoms with Gasteiger partial charge in [0.15, 0.2) is 0 Å². The molecular weight excluding hydrogens is 319 g/mol. The molecule has 3 N–H and O–H groups in total. The lowest BCUT2D eigenvalue weighted by atomic mass is 10.1. The van der Waals surface area contributed by atoms with Gasteiger partial charge in [0, 0.05) is 19.0 Å². The number of anilines is 1. The summed E-state index contributed by atoms with van der Waals surface area (Å²) in [7, 11) is 0. The summed E-state index contributed by atoms with van der Waals surface area (Å²) in [6.45, 7) is 3.63. The van der Waals surface area contributed by atoms with Crippen molar-refractivity contribution in [2.75, 3.05) is 12.3 Å². The molecule has 1 aliphatic rings. The first kappa shape index (κ1) is 15.5. The van der Waals surface area contributed by atoms with Gasteiger partial charge in [-0.15, -0.1) is 0 Å². The highest BCUT2D eigenvalue weighted by atomic mass is 35.5. The number of hydrogen-bond donors (Lipinski definition) is 2.